The van der Waals surface area contributed by atoms with Gasteiger partial charge in [-0.3, -0.25) is 0 Å². The molecule has 0 radical (unpaired) electrons. The molecule has 7 rings (SSSR count). The van der Waals surface area contributed by atoms with E-state index in [0.29, 0.717) is 23.7 Å². The topological polar surface area (TPSA) is 27.7 Å². The third kappa shape index (κ3) is 13.7. The molecule has 0 bridgehead atoms. The first-order valence-corrected chi connectivity index (χ1v) is 21.0. The third-order valence-corrected chi connectivity index (χ3v) is 11.8. The van der Waals surface area contributed by atoms with Crippen LogP contribution in [0.2, 0.25) is 0 Å². The number of hydrogen-bond donors (Lipinski definition) is 0. The lowest BCUT2D eigenvalue weighted by molar-refractivity contribution is 0.141. The first-order chi connectivity index (χ1) is 25.9. The van der Waals surface area contributed by atoms with E-state index in [0.717, 1.165) is 43.3 Å². The summed E-state index contributed by atoms with van der Waals surface area (Å²) in [7, 11) is 0. The van der Waals surface area contributed by atoms with Crippen LogP contribution in [0.1, 0.15) is 113 Å². The number of ether oxygens (including phenoxy) is 3. The zero-order chi connectivity index (χ0) is 39.0. The van der Waals surface area contributed by atoms with Gasteiger partial charge in [0.15, 0.2) is 0 Å². The molecule has 0 aliphatic carbocycles. The highest BCUT2D eigenvalue weighted by Crippen LogP contribution is 2.32. The zero-order valence-corrected chi connectivity index (χ0v) is 35.2. The predicted octanol–water partition coefficient (Wildman–Crippen LogP) is 14.9. The van der Waals surface area contributed by atoms with Crippen molar-refractivity contribution in [3.8, 4) is 21.9 Å². The normalized spacial score (nSPS) is 13.6. The summed E-state index contributed by atoms with van der Waals surface area (Å²) >= 11 is 3.68. The molecule has 2 aromatic heterocycles. The van der Waals surface area contributed by atoms with E-state index in [-0.39, 0.29) is 11.9 Å². The average Bonchev–Trinajstić information content (AvgIpc) is 3.96. The Hall–Kier alpha value is -3.97. The highest BCUT2D eigenvalue weighted by atomic mass is 32.1. The molecule has 1 unspecified atom stereocenters. The standard InChI is InChI=1S/C13H13FS.C13H18O2.C11H16O.C11H12S/c1-9(2)12-7-8-13(15-12)10-3-5-11(14)6-4-10;1-10(2)11-3-5-12(6-4-11)15-13-7-8-14-9-13;1-4-12-11-7-5-10(6-8-11)9(2)3;1-8(2)11-7-9-5-3-4-6-10(9)12-11/h3-9H,1-2H3;3-6,10,13H,7-9H2,1-2H3;5-9H,4H2,1-3H3;3-8H,1-2H3. The van der Waals surface area contributed by atoms with Gasteiger partial charge in [0.25, 0.3) is 0 Å². The van der Waals surface area contributed by atoms with Crippen LogP contribution < -0.4 is 9.47 Å². The zero-order valence-electron chi connectivity index (χ0n) is 33.6. The van der Waals surface area contributed by atoms with E-state index >= 15 is 0 Å². The second-order valence-electron chi connectivity index (χ2n) is 14.7. The number of thiophene rings is 2. The monoisotopic (exact) mass is 766 g/mol. The molecule has 288 valence electrons. The van der Waals surface area contributed by atoms with Crippen LogP contribution in [0.4, 0.5) is 4.39 Å². The van der Waals surface area contributed by atoms with E-state index in [1.54, 1.807) is 11.3 Å². The summed E-state index contributed by atoms with van der Waals surface area (Å²) in [6, 6.07) is 38.4. The number of halogens is 1. The second kappa shape index (κ2) is 21.8. The maximum atomic E-state index is 12.7. The predicted molar refractivity (Wildman–Crippen MR) is 232 cm³/mol. The van der Waals surface area contributed by atoms with Crippen molar-refractivity contribution in [2.75, 3.05) is 19.8 Å². The molecule has 6 aromatic rings. The molecule has 1 atom stereocenters. The molecular formula is C48H59FO3S2. The smallest absolute Gasteiger partial charge is 0.124 e. The van der Waals surface area contributed by atoms with Crippen LogP contribution in [0.5, 0.6) is 11.5 Å². The SMILES string of the molecule is CC(C)c1cc2ccccc2s1.CC(C)c1ccc(-c2ccc(F)cc2)s1.CC(C)c1ccc(OC2CCOC2)cc1.CCOc1ccc(C(C)C)cc1. The van der Waals surface area contributed by atoms with Gasteiger partial charge in [0, 0.05) is 25.8 Å². The van der Waals surface area contributed by atoms with Crippen LogP contribution >= 0.6 is 22.7 Å². The summed E-state index contributed by atoms with van der Waals surface area (Å²) in [6.07, 6.45) is 1.25. The van der Waals surface area contributed by atoms with Gasteiger partial charge in [-0.1, -0.05) is 110 Å². The van der Waals surface area contributed by atoms with Crippen molar-refractivity contribution >= 4 is 32.8 Å². The molecule has 0 amide bonds. The van der Waals surface area contributed by atoms with Gasteiger partial charge in [0.05, 0.1) is 19.8 Å². The van der Waals surface area contributed by atoms with Crippen LogP contribution in [0.15, 0.2) is 115 Å². The van der Waals surface area contributed by atoms with Crippen molar-refractivity contribution in [2.24, 2.45) is 0 Å². The summed E-state index contributed by atoms with van der Waals surface area (Å²) in [4.78, 5) is 4.06. The molecule has 1 aliphatic heterocycles. The number of benzene rings is 4. The fourth-order valence-corrected chi connectivity index (χ4v) is 7.65. The van der Waals surface area contributed by atoms with Crippen LogP contribution in [0.25, 0.3) is 20.5 Å². The molecule has 3 heterocycles. The van der Waals surface area contributed by atoms with E-state index in [1.807, 2.05) is 54.7 Å². The number of fused-ring (bicyclic) bond motifs is 1. The largest absolute Gasteiger partial charge is 0.494 e. The Balaban J connectivity index is 0.000000161. The van der Waals surface area contributed by atoms with Crippen LogP contribution in [-0.4, -0.2) is 25.9 Å². The Morgan fingerprint density at radius 2 is 1.24 bits per heavy atom. The van der Waals surface area contributed by atoms with E-state index in [9.17, 15) is 4.39 Å². The van der Waals surface area contributed by atoms with Gasteiger partial charge in [0.2, 0.25) is 0 Å². The van der Waals surface area contributed by atoms with Gasteiger partial charge in [-0.15, -0.1) is 22.7 Å². The Morgan fingerprint density at radius 1 is 0.648 bits per heavy atom. The molecule has 3 nitrogen and oxygen atoms in total. The first kappa shape index (κ1) is 42.8. The molecule has 0 N–H and O–H groups in total. The first-order valence-electron chi connectivity index (χ1n) is 19.3. The van der Waals surface area contributed by atoms with Crippen molar-refractivity contribution in [3.05, 3.63) is 142 Å². The minimum Gasteiger partial charge on any atom is -0.494 e. The van der Waals surface area contributed by atoms with Crippen molar-refractivity contribution in [2.45, 2.75) is 98.5 Å². The molecule has 1 fully saturated rings. The van der Waals surface area contributed by atoms with E-state index in [2.05, 4.69) is 122 Å². The molecular weight excluding hydrogens is 708 g/mol. The molecule has 0 saturated carbocycles. The summed E-state index contributed by atoms with van der Waals surface area (Å²) in [5, 5.41) is 1.38. The van der Waals surface area contributed by atoms with Gasteiger partial charge in [0.1, 0.15) is 23.4 Å². The second-order valence-corrected chi connectivity index (χ2v) is 16.9. The van der Waals surface area contributed by atoms with Gasteiger partial charge >= 0.3 is 0 Å². The fraction of sp³-hybridized carbons (Fsp3) is 0.375. The van der Waals surface area contributed by atoms with Gasteiger partial charge in [-0.25, -0.2) is 4.39 Å². The van der Waals surface area contributed by atoms with E-state index < -0.39 is 0 Å². The number of rotatable bonds is 9. The van der Waals surface area contributed by atoms with E-state index in [4.69, 9.17) is 14.2 Å². The lowest BCUT2D eigenvalue weighted by Crippen LogP contribution is -2.15. The molecule has 54 heavy (non-hydrogen) atoms. The highest BCUT2D eigenvalue weighted by Gasteiger charge is 2.17. The van der Waals surface area contributed by atoms with Crippen molar-refractivity contribution in [1.82, 2.24) is 0 Å². The van der Waals surface area contributed by atoms with Crippen LogP contribution in [-0.2, 0) is 4.74 Å². The maximum absolute atomic E-state index is 12.7. The summed E-state index contributed by atoms with van der Waals surface area (Å²) < 4.78 is 30.5. The van der Waals surface area contributed by atoms with Crippen molar-refractivity contribution in [3.63, 3.8) is 0 Å². The van der Waals surface area contributed by atoms with Crippen LogP contribution in [0.3, 0.4) is 0 Å². The summed E-state index contributed by atoms with van der Waals surface area (Å²) in [6.45, 7) is 21.9. The van der Waals surface area contributed by atoms with Crippen molar-refractivity contribution < 1.29 is 18.6 Å². The Morgan fingerprint density at radius 3 is 1.74 bits per heavy atom. The average molecular weight is 767 g/mol. The maximum Gasteiger partial charge on any atom is 0.124 e. The molecule has 1 aliphatic rings. The lowest BCUT2D eigenvalue weighted by Gasteiger charge is -2.12. The summed E-state index contributed by atoms with van der Waals surface area (Å²) in [5.41, 5.74) is 3.80. The molecule has 1 saturated heterocycles. The van der Waals surface area contributed by atoms with Gasteiger partial charge < -0.3 is 14.2 Å². The Bertz CT molecular complexity index is 1880. The Labute approximate surface area is 332 Å². The van der Waals surface area contributed by atoms with Crippen LogP contribution in [0, 0.1) is 5.82 Å². The van der Waals surface area contributed by atoms with Crippen molar-refractivity contribution in [1.29, 1.82) is 0 Å². The van der Waals surface area contributed by atoms with Gasteiger partial charge in [-0.05, 0) is 113 Å². The quantitative estimate of drug-likeness (QED) is 0.147. The lowest BCUT2D eigenvalue weighted by atomic mass is 10.0. The molecule has 6 heteroatoms. The fourth-order valence-electron chi connectivity index (χ4n) is 5.56. The molecule has 4 aromatic carbocycles. The minimum atomic E-state index is -0.181. The number of hydrogen-bond acceptors (Lipinski definition) is 5. The minimum absolute atomic E-state index is 0.181. The Kier molecular flexibility index (Phi) is 17.3. The van der Waals surface area contributed by atoms with Gasteiger partial charge in [-0.2, -0.15) is 0 Å². The third-order valence-electron chi connectivity index (χ3n) is 8.93. The molecule has 0 spiro atoms. The highest BCUT2D eigenvalue weighted by molar-refractivity contribution is 7.19. The summed E-state index contributed by atoms with van der Waals surface area (Å²) in [5.74, 6) is 4.12. The van der Waals surface area contributed by atoms with E-state index in [1.165, 1.54) is 48.0 Å².